The second-order valence-electron chi connectivity index (χ2n) is 5.22. The molecule has 0 bridgehead atoms. The van der Waals surface area contributed by atoms with Crippen molar-refractivity contribution < 1.29 is 4.79 Å². The van der Waals surface area contributed by atoms with E-state index in [2.05, 4.69) is 10.2 Å². The van der Waals surface area contributed by atoms with Gasteiger partial charge in [-0.1, -0.05) is 12.1 Å². The van der Waals surface area contributed by atoms with Crippen molar-refractivity contribution in [1.29, 1.82) is 0 Å². The van der Waals surface area contributed by atoms with E-state index in [9.17, 15) is 4.79 Å². The van der Waals surface area contributed by atoms with E-state index in [0.717, 1.165) is 31.6 Å². The highest BCUT2D eigenvalue weighted by molar-refractivity contribution is 5.95. The summed E-state index contributed by atoms with van der Waals surface area (Å²) in [5.41, 5.74) is 7.22. The molecule has 1 aromatic carbocycles. The summed E-state index contributed by atoms with van der Waals surface area (Å²) in [6, 6.07) is 7.89. The van der Waals surface area contributed by atoms with Gasteiger partial charge in [-0.2, -0.15) is 0 Å². The molecule has 3 rings (SSSR count). The molecule has 0 aliphatic carbocycles. The van der Waals surface area contributed by atoms with Crippen molar-refractivity contribution in [3.63, 3.8) is 0 Å². The summed E-state index contributed by atoms with van der Waals surface area (Å²) in [5.74, 6) is 0.259. The summed E-state index contributed by atoms with van der Waals surface area (Å²) in [7, 11) is 0. The smallest absolute Gasteiger partial charge is 0.229 e. The number of nitrogens with two attached hydrogens (primary N) is 1. The van der Waals surface area contributed by atoms with E-state index in [0.29, 0.717) is 11.7 Å². The number of nitrogens with one attached hydrogen (secondary N) is 1. The lowest BCUT2D eigenvalue weighted by molar-refractivity contribution is -0.120. The average molecular weight is 245 g/mol. The molecule has 2 atom stereocenters. The van der Waals surface area contributed by atoms with Gasteiger partial charge in [0.2, 0.25) is 5.91 Å². The first kappa shape index (κ1) is 11.5. The number of carbonyl (C=O) groups excluding carboxylic acids is 1. The number of fused-ring (bicyclic) bond motifs is 1. The minimum absolute atomic E-state index is 0.127. The minimum atomic E-state index is 0.127. The number of nitrogens with zero attached hydrogens (tertiary/aromatic N) is 1. The molecule has 2 heterocycles. The van der Waals surface area contributed by atoms with Gasteiger partial charge < -0.3 is 11.1 Å². The largest absolute Gasteiger partial charge is 0.397 e. The maximum atomic E-state index is 12.3. The third-order valence-electron chi connectivity index (χ3n) is 4.16. The Morgan fingerprint density at radius 2 is 2.11 bits per heavy atom. The molecular weight excluding hydrogens is 226 g/mol. The summed E-state index contributed by atoms with van der Waals surface area (Å²) >= 11 is 0. The Labute approximate surface area is 107 Å². The van der Waals surface area contributed by atoms with Crippen LogP contribution in [0.5, 0.6) is 0 Å². The van der Waals surface area contributed by atoms with Crippen LogP contribution in [0.25, 0.3) is 0 Å². The fourth-order valence-electron chi connectivity index (χ4n) is 3.22. The van der Waals surface area contributed by atoms with Crippen molar-refractivity contribution in [2.24, 2.45) is 5.92 Å². The van der Waals surface area contributed by atoms with E-state index >= 15 is 0 Å². The highest BCUT2D eigenvalue weighted by Gasteiger charge is 2.40. The number of anilines is 2. The molecule has 0 saturated carbocycles. The van der Waals surface area contributed by atoms with Crippen LogP contribution in [0.15, 0.2) is 24.3 Å². The van der Waals surface area contributed by atoms with Gasteiger partial charge in [0.15, 0.2) is 0 Å². The van der Waals surface area contributed by atoms with Crippen LogP contribution < -0.4 is 11.1 Å². The minimum Gasteiger partial charge on any atom is -0.397 e. The van der Waals surface area contributed by atoms with Gasteiger partial charge in [-0.25, -0.2) is 0 Å². The second-order valence-corrected chi connectivity index (χ2v) is 5.22. The van der Waals surface area contributed by atoms with Crippen LogP contribution in [0.1, 0.15) is 19.3 Å². The van der Waals surface area contributed by atoms with Crippen LogP contribution in [-0.4, -0.2) is 29.9 Å². The molecule has 1 aromatic rings. The lowest BCUT2D eigenvalue weighted by Gasteiger charge is -2.20. The van der Waals surface area contributed by atoms with Crippen molar-refractivity contribution in [1.82, 2.24) is 4.90 Å². The van der Waals surface area contributed by atoms with Crippen LogP contribution in [0, 0.1) is 5.92 Å². The van der Waals surface area contributed by atoms with Crippen molar-refractivity contribution in [3.8, 4) is 0 Å². The lowest BCUT2D eigenvalue weighted by atomic mass is 9.97. The monoisotopic (exact) mass is 245 g/mol. The Kier molecular flexibility index (Phi) is 2.96. The zero-order valence-electron chi connectivity index (χ0n) is 10.4. The highest BCUT2D eigenvalue weighted by Crippen LogP contribution is 2.33. The van der Waals surface area contributed by atoms with Gasteiger partial charge in [0.1, 0.15) is 0 Å². The quantitative estimate of drug-likeness (QED) is 0.780. The Morgan fingerprint density at radius 3 is 2.94 bits per heavy atom. The Bertz CT molecular complexity index is 460. The first-order chi connectivity index (χ1) is 8.75. The maximum Gasteiger partial charge on any atom is 0.229 e. The van der Waals surface area contributed by atoms with Crippen molar-refractivity contribution in [3.05, 3.63) is 24.3 Å². The molecule has 0 radical (unpaired) electrons. The number of benzene rings is 1. The molecule has 2 aliphatic heterocycles. The predicted octanol–water partition coefficient (Wildman–Crippen LogP) is 1.69. The van der Waals surface area contributed by atoms with Gasteiger partial charge >= 0.3 is 0 Å². The molecule has 2 fully saturated rings. The Morgan fingerprint density at radius 1 is 1.28 bits per heavy atom. The molecule has 0 aromatic heterocycles. The zero-order chi connectivity index (χ0) is 12.5. The van der Waals surface area contributed by atoms with E-state index in [1.165, 1.54) is 6.42 Å². The summed E-state index contributed by atoms with van der Waals surface area (Å²) in [6.45, 7) is 2.22. The fraction of sp³-hybridized carbons (Fsp3) is 0.500. The normalized spacial score (nSPS) is 27.1. The number of para-hydroxylation sites is 2. The van der Waals surface area contributed by atoms with Gasteiger partial charge in [0.05, 0.1) is 17.3 Å². The Balaban J connectivity index is 1.70. The molecular formula is C14H19N3O. The van der Waals surface area contributed by atoms with Crippen molar-refractivity contribution in [2.75, 3.05) is 24.1 Å². The number of carbonyl (C=O) groups is 1. The third-order valence-corrected chi connectivity index (χ3v) is 4.16. The number of nitrogen functional groups attached to an aromatic ring is 1. The van der Waals surface area contributed by atoms with E-state index in [1.54, 1.807) is 0 Å². The topological polar surface area (TPSA) is 58.4 Å². The van der Waals surface area contributed by atoms with Gasteiger partial charge in [-0.3, -0.25) is 9.69 Å². The summed E-state index contributed by atoms with van der Waals surface area (Å²) < 4.78 is 0. The number of rotatable bonds is 2. The van der Waals surface area contributed by atoms with E-state index < -0.39 is 0 Å². The van der Waals surface area contributed by atoms with Gasteiger partial charge in [-0.15, -0.1) is 0 Å². The molecule has 2 aliphatic rings. The molecule has 0 spiro atoms. The lowest BCUT2D eigenvalue weighted by Crippen LogP contribution is -2.33. The SMILES string of the molecule is Nc1ccccc1NC(=O)C1CCN2CCCC12. The molecule has 2 saturated heterocycles. The standard InChI is InChI=1S/C14H19N3O/c15-11-4-1-2-5-12(11)16-14(18)10-7-9-17-8-3-6-13(10)17/h1-2,4-5,10,13H,3,6-9,15H2,(H,16,18). The van der Waals surface area contributed by atoms with Gasteiger partial charge in [0.25, 0.3) is 0 Å². The molecule has 96 valence electrons. The average Bonchev–Trinajstić information content (AvgIpc) is 2.93. The Hall–Kier alpha value is -1.55. The first-order valence-electron chi connectivity index (χ1n) is 6.65. The van der Waals surface area contributed by atoms with Crippen molar-refractivity contribution >= 4 is 17.3 Å². The molecule has 2 unspecified atom stereocenters. The molecule has 4 heteroatoms. The van der Waals surface area contributed by atoms with Crippen LogP contribution in [0.2, 0.25) is 0 Å². The van der Waals surface area contributed by atoms with E-state index in [1.807, 2.05) is 24.3 Å². The summed E-state index contributed by atoms with van der Waals surface area (Å²) in [5, 5.41) is 2.97. The maximum absolute atomic E-state index is 12.3. The van der Waals surface area contributed by atoms with Gasteiger partial charge in [-0.05, 0) is 44.5 Å². The summed E-state index contributed by atoms with van der Waals surface area (Å²) in [4.78, 5) is 14.8. The third kappa shape index (κ3) is 1.97. The number of hydrogen-bond donors (Lipinski definition) is 2. The van der Waals surface area contributed by atoms with Crippen molar-refractivity contribution in [2.45, 2.75) is 25.3 Å². The molecule has 3 N–H and O–H groups in total. The van der Waals surface area contributed by atoms with Crippen LogP contribution >= 0.6 is 0 Å². The second kappa shape index (κ2) is 4.61. The molecule has 1 amide bonds. The fourth-order valence-corrected chi connectivity index (χ4v) is 3.22. The van der Waals surface area contributed by atoms with E-state index in [-0.39, 0.29) is 11.8 Å². The highest BCUT2D eigenvalue weighted by atomic mass is 16.2. The zero-order valence-corrected chi connectivity index (χ0v) is 10.4. The molecule has 18 heavy (non-hydrogen) atoms. The molecule has 4 nitrogen and oxygen atoms in total. The van der Waals surface area contributed by atoms with Crippen LogP contribution in [-0.2, 0) is 4.79 Å². The number of amides is 1. The van der Waals surface area contributed by atoms with Crippen LogP contribution in [0.4, 0.5) is 11.4 Å². The van der Waals surface area contributed by atoms with Crippen LogP contribution in [0.3, 0.4) is 0 Å². The van der Waals surface area contributed by atoms with Gasteiger partial charge in [0, 0.05) is 6.04 Å². The summed E-state index contributed by atoms with van der Waals surface area (Å²) in [6.07, 6.45) is 3.35. The first-order valence-corrected chi connectivity index (χ1v) is 6.65. The predicted molar refractivity (Wildman–Crippen MR) is 72.2 cm³/mol. The van der Waals surface area contributed by atoms with E-state index in [4.69, 9.17) is 5.73 Å². The number of hydrogen-bond acceptors (Lipinski definition) is 3.